The number of hydrogen-bond donors (Lipinski definition) is 1. The van der Waals surface area contributed by atoms with Crippen molar-refractivity contribution in [3.05, 3.63) is 35.4 Å². The van der Waals surface area contributed by atoms with Crippen LogP contribution in [0.25, 0.3) is 10.8 Å². The molecule has 0 spiro atoms. The molecule has 2 aliphatic rings. The molecule has 1 atom stereocenters. The molecule has 2 aromatic rings. The molecule has 2 aliphatic carbocycles. The number of nitrogens with one attached hydrogen (secondary N) is 1. The standard InChI is InChI=1S/C21H25NO3/c1-24-18-9-6-14-7-10-19(25-2)17-11-13(3-8-16(18)20(14)17)12-22-21(23)15-4-5-15/h6-7,9-10,13,15H,3-5,8,11-12H2,1-2H3,(H,22,23). The first-order valence-corrected chi connectivity index (χ1v) is 9.14. The normalized spacial score (nSPS) is 19.4. The highest BCUT2D eigenvalue weighted by Gasteiger charge is 2.30. The van der Waals surface area contributed by atoms with E-state index in [0.29, 0.717) is 5.92 Å². The number of methoxy groups -OCH3 is 2. The Morgan fingerprint density at radius 1 is 1.04 bits per heavy atom. The average molecular weight is 339 g/mol. The van der Waals surface area contributed by atoms with Crippen molar-refractivity contribution in [2.45, 2.75) is 32.1 Å². The van der Waals surface area contributed by atoms with Gasteiger partial charge in [-0.05, 0) is 60.9 Å². The second-order valence-electron chi connectivity index (χ2n) is 7.22. The maximum Gasteiger partial charge on any atom is 0.223 e. The van der Waals surface area contributed by atoms with E-state index in [1.165, 1.54) is 21.9 Å². The van der Waals surface area contributed by atoms with Gasteiger partial charge in [-0.2, -0.15) is 0 Å². The molecule has 4 heteroatoms. The predicted octanol–water partition coefficient (Wildman–Crippen LogP) is 3.49. The lowest BCUT2D eigenvalue weighted by Gasteiger charge is -2.17. The number of carbonyl (C=O) groups excluding carboxylic acids is 1. The molecule has 1 N–H and O–H groups in total. The number of hydrogen-bond acceptors (Lipinski definition) is 3. The van der Waals surface area contributed by atoms with Crippen LogP contribution in [0, 0.1) is 11.8 Å². The fourth-order valence-corrected chi connectivity index (χ4v) is 4.01. The Kier molecular flexibility index (Phi) is 4.28. The Morgan fingerprint density at radius 3 is 2.36 bits per heavy atom. The van der Waals surface area contributed by atoms with E-state index in [0.717, 1.165) is 50.1 Å². The number of aryl methyl sites for hydroxylation is 1. The molecule has 1 unspecified atom stereocenters. The second-order valence-corrected chi connectivity index (χ2v) is 7.22. The van der Waals surface area contributed by atoms with E-state index in [1.807, 2.05) is 0 Å². The largest absolute Gasteiger partial charge is 0.496 e. The molecule has 0 radical (unpaired) electrons. The summed E-state index contributed by atoms with van der Waals surface area (Å²) < 4.78 is 11.3. The predicted molar refractivity (Wildman–Crippen MR) is 98.3 cm³/mol. The molecule has 1 amide bonds. The molecular weight excluding hydrogens is 314 g/mol. The molecule has 0 aromatic heterocycles. The Hall–Kier alpha value is -2.23. The Balaban J connectivity index is 1.68. The molecule has 0 aliphatic heterocycles. The summed E-state index contributed by atoms with van der Waals surface area (Å²) in [5.74, 6) is 2.79. The van der Waals surface area contributed by atoms with E-state index < -0.39 is 0 Å². The first-order valence-electron chi connectivity index (χ1n) is 9.14. The van der Waals surface area contributed by atoms with E-state index in [4.69, 9.17) is 9.47 Å². The van der Waals surface area contributed by atoms with E-state index >= 15 is 0 Å². The maximum atomic E-state index is 12.0. The van der Waals surface area contributed by atoms with Crippen molar-refractivity contribution in [2.75, 3.05) is 20.8 Å². The molecule has 132 valence electrons. The first kappa shape index (κ1) is 16.2. The Bertz CT molecular complexity index is 805. The molecule has 4 rings (SSSR count). The summed E-state index contributed by atoms with van der Waals surface area (Å²) in [6.07, 6.45) is 5.02. The third-order valence-electron chi connectivity index (χ3n) is 5.56. The van der Waals surface area contributed by atoms with Crippen LogP contribution >= 0.6 is 0 Å². The highest BCUT2D eigenvalue weighted by atomic mass is 16.5. The average Bonchev–Trinajstić information content (AvgIpc) is 3.48. The van der Waals surface area contributed by atoms with Crippen LogP contribution in [0.1, 0.15) is 30.4 Å². The number of rotatable bonds is 5. The van der Waals surface area contributed by atoms with Crippen molar-refractivity contribution < 1.29 is 14.3 Å². The van der Waals surface area contributed by atoms with E-state index in [2.05, 4.69) is 29.6 Å². The van der Waals surface area contributed by atoms with Gasteiger partial charge in [0.15, 0.2) is 0 Å². The highest BCUT2D eigenvalue weighted by molar-refractivity contribution is 5.93. The summed E-state index contributed by atoms with van der Waals surface area (Å²) in [5, 5.41) is 5.66. The smallest absolute Gasteiger partial charge is 0.223 e. The van der Waals surface area contributed by atoms with Gasteiger partial charge in [-0.1, -0.05) is 12.1 Å². The van der Waals surface area contributed by atoms with Gasteiger partial charge >= 0.3 is 0 Å². The van der Waals surface area contributed by atoms with Crippen molar-refractivity contribution >= 4 is 16.7 Å². The van der Waals surface area contributed by atoms with Crippen molar-refractivity contribution in [3.8, 4) is 11.5 Å². The van der Waals surface area contributed by atoms with Crippen LogP contribution in [0.15, 0.2) is 24.3 Å². The minimum atomic E-state index is 0.226. The van der Waals surface area contributed by atoms with Gasteiger partial charge in [0.25, 0.3) is 0 Å². The third kappa shape index (κ3) is 3.06. The monoisotopic (exact) mass is 339 g/mol. The zero-order valence-electron chi connectivity index (χ0n) is 14.9. The molecule has 2 aromatic carbocycles. The topological polar surface area (TPSA) is 47.6 Å². The molecule has 4 nitrogen and oxygen atoms in total. The zero-order valence-corrected chi connectivity index (χ0v) is 14.9. The molecule has 0 saturated heterocycles. The fraction of sp³-hybridized carbons (Fsp3) is 0.476. The van der Waals surface area contributed by atoms with Gasteiger partial charge in [0, 0.05) is 23.6 Å². The van der Waals surface area contributed by atoms with Crippen LogP contribution in [-0.2, 0) is 17.6 Å². The summed E-state index contributed by atoms with van der Waals surface area (Å²) in [5.41, 5.74) is 2.52. The summed E-state index contributed by atoms with van der Waals surface area (Å²) in [6, 6.07) is 8.35. The molecule has 1 fully saturated rings. The van der Waals surface area contributed by atoms with Gasteiger partial charge in [0.2, 0.25) is 5.91 Å². The lowest BCUT2D eigenvalue weighted by molar-refractivity contribution is -0.122. The van der Waals surface area contributed by atoms with Gasteiger partial charge in [-0.15, -0.1) is 0 Å². The number of carbonyl (C=O) groups is 1. The van der Waals surface area contributed by atoms with Crippen molar-refractivity contribution in [3.63, 3.8) is 0 Å². The lowest BCUT2D eigenvalue weighted by atomic mass is 9.94. The Morgan fingerprint density at radius 2 is 1.72 bits per heavy atom. The SMILES string of the molecule is COc1ccc2ccc(OC)c3c2c1CCC(CNC(=O)C1CC1)C3. The third-order valence-corrected chi connectivity index (χ3v) is 5.56. The van der Waals surface area contributed by atoms with Crippen LogP contribution in [0.4, 0.5) is 0 Å². The van der Waals surface area contributed by atoms with Gasteiger partial charge in [-0.25, -0.2) is 0 Å². The number of ether oxygens (including phenoxy) is 2. The van der Waals surface area contributed by atoms with Crippen LogP contribution < -0.4 is 14.8 Å². The van der Waals surface area contributed by atoms with Crippen molar-refractivity contribution in [1.82, 2.24) is 5.32 Å². The molecule has 25 heavy (non-hydrogen) atoms. The van der Waals surface area contributed by atoms with Gasteiger partial charge in [-0.3, -0.25) is 4.79 Å². The summed E-state index contributed by atoms with van der Waals surface area (Å²) >= 11 is 0. The minimum absolute atomic E-state index is 0.226. The van der Waals surface area contributed by atoms with Crippen LogP contribution in [0.5, 0.6) is 11.5 Å². The molecule has 1 saturated carbocycles. The minimum Gasteiger partial charge on any atom is -0.496 e. The van der Waals surface area contributed by atoms with Crippen LogP contribution in [0.3, 0.4) is 0 Å². The lowest BCUT2D eigenvalue weighted by Crippen LogP contribution is -2.31. The number of benzene rings is 2. The van der Waals surface area contributed by atoms with Gasteiger partial charge in [0.1, 0.15) is 11.5 Å². The fourth-order valence-electron chi connectivity index (χ4n) is 4.01. The number of amides is 1. The van der Waals surface area contributed by atoms with Crippen LogP contribution in [-0.4, -0.2) is 26.7 Å². The maximum absolute atomic E-state index is 12.0. The van der Waals surface area contributed by atoms with Crippen molar-refractivity contribution in [2.24, 2.45) is 11.8 Å². The summed E-state index contributed by atoms with van der Waals surface area (Å²) in [6.45, 7) is 0.741. The van der Waals surface area contributed by atoms with E-state index in [1.54, 1.807) is 14.2 Å². The second kappa shape index (κ2) is 6.58. The molecule has 0 heterocycles. The van der Waals surface area contributed by atoms with E-state index in [-0.39, 0.29) is 11.8 Å². The first-order chi connectivity index (χ1) is 12.2. The van der Waals surface area contributed by atoms with Crippen LogP contribution in [0.2, 0.25) is 0 Å². The Labute approximate surface area is 148 Å². The molecular formula is C21H25NO3. The quantitative estimate of drug-likeness (QED) is 0.907. The van der Waals surface area contributed by atoms with Gasteiger partial charge < -0.3 is 14.8 Å². The summed E-state index contributed by atoms with van der Waals surface area (Å²) in [7, 11) is 3.46. The zero-order chi connectivity index (χ0) is 17.4. The van der Waals surface area contributed by atoms with E-state index in [9.17, 15) is 4.79 Å². The van der Waals surface area contributed by atoms with Gasteiger partial charge in [0.05, 0.1) is 14.2 Å². The summed E-state index contributed by atoms with van der Waals surface area (Å²) in [4.78, 5) is 12.0. The van der Waals surface area contributed by atoms with Crippen molar-refractivity contribution in [1.29, 1.82) is 0 Å². The molecule has 0 bridgehead atoms. The highest BCUT2D eigenvalue weighted by Crippen LogP contribution is 2.40.